The normalized spacial score (nSPS) is 15.0. The second-order valence-electron chi connectivity index (χ2n) is 6.08. The Morgan fingerprint density at radius 2 is 1.92 bits per heavy atom. The highest BCUT2D eigenvalue weighted by Gasteiger charge is 2.18. The molecule has 4 heteroatoms. The van der Waals surface area contributed by atoms with E-state index in [2.05, 4.69) is 6.07 Å². The molecule has 0 aliphatic heterocycles. The van der Waals surface area contributed by atoms with Crippen LogP contribution in [0.1, 0.15) is 36.8 Å². The van der Waals surface area contributed by atoms with Crippen molar-refractivity contribution in [2.75, 3.05) is 7.11 Å². The quantitative estimate of drug-likeness (QED) is 0.555. The van der Waals surface area contributed by atoms with E-state index in [-0.39, 0.29) is 11.7 Å². The van der Waals surface area contributed by atoms with Crippen molar-refractivity contribution in [2.45, 2.75) is 31.8 Å². The lowest BCUT2D eigenvalue weighted by Crippen LogP contribution is -2.11. The van der Waals surface area contributed by atoms with Gasteiger partial charge in [-0.3, -0.25) is 0 Å². The van der Waals surface area contributed by atoms with Gasteiger partial charge >= 0.3 is 0 Å². The molecule has 1 aliphatic carbocycles. The average molecular weight is 337 g/mol. The Bertz CT molecular complexity index is 817. The van der Waals surface area contributed by atoms with Crippen LogP contribution in [0.25, 0.3) is 11.6 Å². The number of hydrogen-bond donors (Lipinski definition) is 0. The Morgan fingerprint density at radius 1 is 1.16 bits per heavy atom. The zero-order valence-corrected chi connectivity index (χ0v) is 14.2. The Labute approximate surface area is 147 Å². The van der Waals surface area contributed by atoms with Gasteiger partial charge in [-0.1, -0.05) is 24.3 Å². The average Bonchev–Trinajstić information content (AvgIpc) is 3.14. The fourth-order valence-electron chi connectivity index (χ4n) is 3.08. The standard InChI is InChI=1S/C21H20FNO2/c1-24-20-11-10-15(13-21(20)25-17-6-2-3-7-17)12-16(14-23)18-8-4-5-9-19(18)22/h4-5,8-13,17H,2-3,6-7H2,1H3. The fraction of sp³-hybridized carbons (Fsp3) is 0.286. The van der Waals surface area contributed by atoms with Crippen LogP contribution < -0.4 is 9.47 Å². The molecule has 0 saturated heterocycles. The van der Waals surface area contributed by atoms with Crippen LogP contribution in [0.15, 0.2) is 42.5 Å². The highest BCUT2D eigenvalue weighted by atomic mass is 19.1. The summed E-state index contributed by atoms with van der Waals surface area (Å²) in [6, 6.07) is 13.8. The molecular weight excluding hydrogens is 317 g/mol. The molecule has 0 heterocycles. The van der Waals surface area contributed by atoms with Gasteiger partial charge in [-0.2, -0.15) is 5.26 Å². The van der Waals surface area contributed by atoms with E-state index in [1.807, 2.05) is 18.2 Å². The van der Waals surface area contributed by atoms with E-state index in [0.717, 1.165) is 18.4 Å². The molecule has 1 saturated carbocycles. The lowest BCUT2D eigenvalue weighted by atomic mass is 10.0. The van der Waals surface area contributed by atoms with Crippen LogP contribution in [0.5, 0.6) is 11.5 Å². The molecule has 0 spiro atoms. The second kappa shape index (κ2) is 7.85. The summed E-state index contributed by atoms with van der Waals surface area (Å²) in [5, 5.41) is 9.42. The summed E-state index contributed by atoms with van der Waals surface area (Å²) in [5.74, 6) is 0.911. The number of nitriles is 1. The maximum absolute atomic E-state index is 14.0. The summed E-state index contributed by atoms with van der Waals surface area (Å²) >= 11 is 0. The highest BCUT2D eigenvalue weighted by molar-refractivity contribution is 5.90. The first-order valence-electron chi connectivity index (χ1n) is 8.42. The molecule has 0 N–H and O–H groups in total. The molecule has 3 nitrogen and oxygen atoms in total. The van der Waals surface area contributed by atoms with E-state index in [4.69, 9.17) is 9.47 Å². The van der Waals surface area contributed by atoms with Crippen LogP contribution in [-0.2, 0) is 0 Å². The van der Waals surface area contributed by atoms with Crippen LogP contribution in [0.3, 0.4) is 0 Å². The molecule has 1 fully saturated rings. The second-order valence-corrected chi connectivity index (χ2v) is 6.08. The molecule has 0 unspecified atom stereocenters. The zero-order valence-electron chi connectivity index (χ0n) is 14.2. The third kappa shape index (κ3) is 4.00. The predicted octanol–water partition coefficient (Wildman–Crippen LogP) is 5.22. The Hall–Kier alpha value is -2.80. The predicted molar refractivity (Wildman–Crippen MR) is 95.8 cm³/mol. The number of halogens is 1. The van der Waals surface area contributed by atoms with Crippen molar-refractivity contribution in [3.63, 3.8) is 0 Å². The van der Waals surface area contributed by atoms with E-state index in [0.29, 0.717) is 17.1 Å². The van der Waals surface area contributed by atoms with Gasteiger partial charge < -0.3 is 9.47 Å². The molecule has 1 aliphatic rings. The van der Waals surface area contributed by atoms with Crippen LogP contribution in [0.4, 0.5) is 4.39 Å². The minimum Gasteiger partial charge on any atom is -0.493 e. The summed E-state index contributed by atoms with van der Waals surface area (Å²) in [7, 11) is 1.60. The van der Waals surface area contributed by atoms with Crippen molar-refractivity contribution < 1.29 is 13.9 Å². The van der Waals surface area contributed by atoms with E-state index in [1.165, 1.54) is 18.9 Å². The Kier molecular flexibility index (Phi) is 5.35. The van der Waals surface area contributed by atoms with E-state index in [9.17, 15) is 9.65 Å². The molecule has 25 heavy (non-hydrogen) atoms. The van der Waals surface area contributed by atoms with Crippen molar-refractivity contribution in [2.24, 2.45) is 0 Å². The van der Waals surface area contributed by atoms with Gasteiger partial charge in [0.05, 0.1) is 24.9 Å². The summed E-state index contributed by atoms with van der Waals surface area (Å²) in [5.41, 5.74) is 1.34. The first-order valence-corrected chi connectivity index (χ1v) is 8.42. The molecule has 0 amide bonds. The maximum atomic E-state index is 14.0. The number of hydrogen-bond acceptors (Lipinski definition) is 3. The van der Waals surface area contributed by atoms with Gasteiger partial charge in [0.1, 0.15) is 5.82 Å². The van der Waals surface area contributed by atoms with Crippen molar-refractivity contribution in [3.8, 4) is 17.6 Å². The topological polar surface area (TPSA) is 42.2 Å². The molecule has 128 valence electrons. The van der Waals surface area contributed by atoms with Crippen LogP contribution in [-0.4, -0.2) is 13.2 Å². The smallest absolute Gasteiger partial charge is 0.162 e. The first-order chi connectivity index (χ1) is 12.2. The van der Waals surface area contributed by atoms with Gasteiger partial charge in [0.2, 0.25) is 0 Å². The maximum Gasteiger partial charge on any atom is 0.162 e. The number of ether oxygens (including phenoxy) is 2. The van der Waals surface area contributed by atoms with E-state index >= 15 is 0 Å². The van der Waals surface area contributed by atoms with Crippen LogP contribution in [0, 0.1) is 17.1 Å². The third-order valence-electron chi connectivity index (χ3n) is 4.38. The van der Waals surface area contributed by atoms with Gasteiger partial charge in [-0.05, 0) is 55.5 Å². The van der Waals surface area contributed by atoms with E-state index in [1.54, 1.807) is 31.4 Å². The minimum absolute atomic E-state index is 0.204. The number of nitrogens with zero attached hydrogens (tertiary/aromatic N) is 1. The SMILES string of the molecule is COc1ccc(C=C(C#N)c2ccccc2F)cc1OC1CCCC1. The largest absolute Gasteiger partial charge is 0.493 e. The molecule has 0 radical (unpaired) electrons. The third-order valence-corrected chi connectivity index (χ3v) is 4.38. The number of allylic oxidation sites excluding steroid dienone is 1. The monoisotopic (exact) mass is 337 g/mol. The van der Waals surface area contributed by atoms with Gasteiger partial charge in [0.15, 0.2) is 11.5 Å². The van der Waals surface area contributed by atoms with Crippen LogP contribution >= 0.6 is 0 Å². The first kappa shape index (κ1) is 17.0. The summed E-state index contributed by atoms with van der Waals surface area (Å²) in [6.45, 7) is 0. The highest BCUT2D eigenvalue weighted by Crippen LogP contribution is 2.33. The van der Waals surface area contributed by atoms with Gasteiger partial charge in [0, 0.05) is 5.56 Å². The molecule has 0 bridgehead atoms. The number of rotatable bonds is 5. The molecule has 2 aromatic rings. The van der Waals surface area contributed by atoms with Crippen molar-refractivity contribution in [1.82, 2.24) is 0 Å². The molecule has 2 aromatic carbocycles. The lowest BCUT2D eigenvalue weighted by Gasteiger charge is -2.16. The van der Waals surface area contributed by atoms with Gasteiger partial charge in [-0.25, -0.2) is 4.39 Å². The molecule has 3 rings (SSSR count). The summed E-state index contributed by atoms with van der Waals surface area (Å²) < 4.78 is 25.4. The summed E-state index contributed by atoms with van der Waals surface area (Å²) in [6.07, 6.45) is 6.31. The zero-order chi connectivity index (χ0) is 17.6. The van der Waals surface area contributed by atoms with Gasteiger partial charge in [-0.15, -0.1) is 0 Å². The summed E-state index contributed by atoms with van der Waals surface area (Å²) in [4.78, 5) is 0. The van der Waals surface area contributed by atoms with Crippen LogP contribution in [0.2, 0.25) is 0 Å². The Balaban J connectivity index is 1.93. The molecule has 0 atom stereocenters. The van der Waals surface area contributed by atoms with Crippen molar-refractivity contribution in [3.05, 3.63) is 59.4 Å². The van der Waals surface area contributed by atoms with Gasteiger partial charge in [0.25, 0.3) is 0 Å². The number of benzene rings is 2. The lowest BCUT2D eigenvalue weighted by molar-refractivity contribution is 0.201. The fourth-order valence-corrected chi connectivity index (χ4v) is 3.08. The Morgan fingerprint density at radius 3 is 2.60 bits per heavy atom. The number of methoxy groups -OCH3 is 1. The minimum atomic E-state index is -0.411. The molecule has 0 aromatic heterocycles. The molecular formula is C21H20FNO2. The van der Waals surface area contributed by atoms with Crippen molar-refractivity contribution in [1.29, 1.82) is 5.26 Å². The van der Waals surface area contributed by atoms with Crippen molar-refractivity contribution >= 4 is 11.6 Å². The van der Waals surface area contributed by atoms with E-state index < -0.39 is 5.82 Å².